The summed E-state index contributed by atoms with van der Waals surface area (Å²) in [4.78, 5) is 15.5. The van der Waals surface area contributed by atoms with E-state index in [-0.39, 0.29) is 0 Å². The smallest absolute Gasteiger partial charge is 0.139 e. The Morgan fingerprint density at radius 2 is 1.86 bits per heavy atom. The Bertz CT molecular complexity index is 863. The van der Waals surface area contributed by atoms with Crippen LogP contribution < -0.4 is 5.32 Å². The van der Waals surface area contributed by atoms with Gasteiger partial charge in [0.15, 0.2) is 0 Å². The maximum Gasteiger partial charge on any atom is 0.139 e. The van der Waals surface area contributed by atoms with Crippen LogP contribution in [0.2, 0.25) is 0 Å². The fraction of sp³-hybridized carbons (Fsp3) is 0.727. The summed E-state index contributed by atoms with van der Waals surface area (Å²) in [6.07, 6.45) is 11.2. The summed E-state index contributed by atoms with van der Waals surface area (Å²) >= 11 is 1.94. The predicted molar refractivity (Wildman–Crippen MR) is 113 cm³/mol. The third kappa shape index (κ3) is 3.23. The summed E-state index contributed by atoms with van der Waals surface area (Å²) in [5, 5.41) is 5.25. The lowest BCUT2D eigenvalue weighted by atomic mass is 9.96. The van der Waals surface area contributed by atoms with Crippen LogP contribution in [0.5, 0.6) is 0 Å². The van der Waals surface area contributed by atoms with Crippen molar-refractivity contribution in [2.75, 3.05) is 31.6 Å². The first-order chi connectivity index (χ1) is 13.8. The standard InChI is InChI=1S/C22H30N4OS/c1-2-4-18-17(3-1)19-21(24-20(14-5-6-14)25-22(19)28-18)23-15-7-10-26(11-8-15)16-9-12-27-13-16/h14-16H,1-13H2,(H,23,24,25). The van der Waals surface area contributed by atoms with Crippen molar-refractivity contribution in [3.63, 3.8) is 0 Å². The second-order valence-electron chi connectivity index (χ2n) is 9.07. The lowest BCUT2D eigenvalue weighted by molar-refractivity contribution is 0.124. The van der Waals surface area contributed by atoms with E-state index in [2.05, 4.69) is 10.2 Å². The molecule has 0 aromatic carbocycles. The fourth-order valence-electron chi connectivity index (χ4n) is 5.21. The Hall–Kier alpha value is -1.24. The van der Waals surface area contributed by atoms with Crippen molar-refractivity contribution in [3.8, 4) is 0 Å². The van der Waals surface area contributed by atoms with E-state index in [1.165, 1.54) is 81.1 Å². The number of ether oxygens (including phenoxy) is 1. The number of hydrogen-bond donors (Lipinski definition) is 1. The van der Waals surface area contributed by atoms with Gasteiger partial charge in [-0.05, 0) is 63.4 Å². The van der Waals surface area contributed by atoms with Crippen molar-refractivity contribution in [2.45, 2.75) is 75.8 Å². The Morgan fingerprint density at radius 1 is 1.00 bits per heavy atom. The molecule has 3 fully saturated rings. The third-order valence-electron chi connectivity index (χ3n) is 7.07. The molecule has 0 amide bonds. The van der Waals surface area contributed by atoms with Crippen molar-refractivity contribution < 1.29 is 4.74 Å². The number of nitrogens with one attached hydrogen (secondary N) is 1. The summed E-state index contributed by atoms with van der Waals surface area (Å²) in [6.45, 7) is 4.22. The van der Waals surface area contributed by atoms with Crippen LogP contribution in [0.4, 0.5) is 5.82 Å². The molecule has 1 atom stereocenters. The first-order valence-corrected chi connectivity index (χ1v) is 12.1. The molecular weight excluding hydrogens is 368 g/mol. The lowest BCUT2D eigenvalue weighted by Crippen LogP contribution is -2.45. The summed E-state index contributed by atoms with van der Waals surface area (Å²) < 4.78 is 5.59. The van der Waals surface area contributed by atoms with Crippen LogP contribution in [0.3, 0.4) is 0 Å². The highest BCUT2D eigenvalue weighted by Crippen LogP contribution is 2.43. The Kier molecular flexibility index (Phi) is 4.54. The predicted octanol–water partition coefficient (Wildman–Crippen LogP) is 4.11. The van der Waals surface area contributed by atoms with Crippen LogP contribution in [0.25, 0.3) is 10.2 Å². The van der Waals surface area contributed by atoms with Crippen LogP contribution in [0.1, 0.15) is 67.1 Å². The number of rotatable bonds is 4. The number of anilines is 1. The van der Waals surface area contributed by atoms with E-state index in [0.717, 1.165) is 24.9 Å². The van der Waals surface area contributed by atoms with Gasteiger partial charge in [-0.15, -0.1) is 11.3 Å². The van der Waals surface area contributed by atoms with E-state index in [1.54, 1.807) is 10.4 Å². The van der Waals surface area contributed by atoms with E-state index in [9.17, 15) is 0 Å². The molecule has 2 saturated heterocycles. The van der Waals surface area contributed by atoms with Crippen molar-refractivity contribution in [3.05, 3.63) is 16.3 Å². The summed E-state index contributed by atoms with van der Waals surface area (Å²) in [5.41, 5.74) is 1.55. The van der Waals surface area contributed by atoms with Gasteiger partial charge in [0, 0.05) is 42.6 Å². The molecule has 0 radical (unpaired) electrons. The highest BCUT2D eigenvalue weighted by molar-refractivity contribution is 7.19. The minimum absolute atomic E-state index is 0.530. The number of piperidine rings is 1. The Balaban J connectivity index is 1.26. The topological polar surface area (TPSA) is 50.3 Å². The second-order valence-corrected chi connectivity index (χ2v) is 10.2. The molecule has 5 nitrogen and oxygen atoms in total. The molecule has 6 heteroatoms. The van der Waals surface area contributed by atoms with Crippen molar-refractivity contribution in [2.24, 2.45) is 0 Å². The SMILES string of the molecule is C1CCc2c(sc3nc(C4CC4)nc(NC4CCN(C5CCOC5)CC4)c23)C1. The number of likely N-dealkylation sites (tertiary alicyclic amines) is 1. The zero-order valence-corrected chi connectivity index (χ0v) is 17.4. The second kappa shape index (κ2) is 7.22. The zero-order chi connectivity index (χ0) is 18.5. The molecule has 2 aromatic heterocycles. The highest BCUT2D eigenvalue weighted by Gasteiger charge is 2.31. The van der Waals surface area contributed by atoms with Gasteiger partial charge < -0.3 is 10.1 Å². The van der Waals surface area contributed by atoms with Gasteiger partial charge in [0.2, 0.25) is 0 Å². The van der Waals surface area contributed by atoms with E-state index in [0.29, 0.717) is 18.0 Å². The largest absolute Gasteiger partial charge is 0.380 e. The van der Waals surface area contributed by atoms with Gasteiger partial charge in [-0.2, -0.15) is 0 Å². The van der Waals surface area contributed by atoms with Gasteiger partial charge in [-0.25, -0.2) is 9.97 Å². The molecule has 6 rings (SSSR count). The molecule has 28 heavy (non-hydrogen) atoms. The Morgan fingerprint density at radius 3 is 2.64 bits per heavy atom. The normalized spacial score (nSPS) is 26.6. The van der Waals surface area contributed by atoms with E-state index in [1.807, 2.05) is 11.3 Å². The van der Waals surface area contributed by atoms with E-state index in [4.69, 9.17) is 14.7 Å². The van der Waals surface area contributed by atoms with Gasteiger partial charge in [0.25, 0.3) is 0 Å². The molecule has 1 unspecified atom stereocenters. The minimum Gasteiger partial charge on any atom is -0.380 e. The highest BCUT2D eigenvalue weighted by atomic mass is 32.1. The number of thiophene rings is 1. The molecule has 150 valence electrons. The number of fused-ring (bicyclic) bond motifs is 3. The number of aryl methyl sites for hydroxylation is 2. The number of hydrogen-bond acceptors (Lipinski definition) is 6. The monoisotopic (exact) mass is 398 g/mol. The Labute approximate surface area is 170 Å². The number of aromatic nitrogens is 2. The molecule has 4 heterocycles. The van der Waals surface area contributed by atoms with Gasteiger partial charge in [0.1, 0.15) is 16.5 Å². The number of nitrogens with zero attached hydrogens (tertiary/aromatic N) is 3. The molecular formula is C22H30N4OS. The first kappa shape index (κ1) is 17.6. The minimum atomic E-state index is 0.530. The lowest BCUT2D eigenvalue weighted by Gasteiger charge is -2.35. The van der Waals surface area contributed by atoms with E-state index < -0.39 is 0 Å². The van der Waals surface area contributed by atoms with Crippen LogP contribution in [0.15, 0.2) is 0 Å². The fourth-order valence-corrected chi connectivity index (χ4v) is 6.48. The average molecular weight is 399 g/mol. The summed E-state index contributed by atoms with van der Waals surface area (Å²) in [7, 11) is 0. The van der Waals surface area contributed by atoms with Gasteiger partial charge in [0.05, 0.1) is 12.0 Å². The molecule has 1 saturated carbocycles. The van der Waals surface area contributed by atoms with Crippen LogP contribution >= 0.6 is 11.3 Å². The van der Waals surface area contributed by atoms with Gasteiger partial charge in [-0.1, -0.05) is 0 Å². The first-order valence-electron chi connectivity index (χ1n) is 11.3. The summed E-state index contributed by atoms with van der Waals surface area (Å²) in [5.74, 6) is 2.84. The molecule has 0 bridgehead atoms. The van der Waals surface area contributed by atoms with E-state index >= 15 is 0 Å². The zero-order valence-electron chi connectivity index (χ0n) is 16.6. The molecule has 0 spiro atoms. The molecule has 2 aliphatic carbocycles. The van der Waals surface area contributed by atoms with Crippen molar-refractivity contribution >= 4 is 27.4 Å². The third-order valence-corrected chi connectivity index (χ3v) is 8.25. The summed E-state index contributed by atoms with van der Waals surface area (Å²) in [6, 6.07) is 1.18. The van der Waals surface area contributed by atoms with Crippen LogP contribution in [-0.2, 0) is 17.6 Å². The van der Waals surface area contributed by atoms with Crippen molar-refractivity contribution in [1.29, 1.82) is 0 Å². The average Bonchev–Trinajstić information content (AvgIpc) is 3.29. The molecule has 2 aliphatic heterocycles. The van der Waals surface area contributed by atoms with Crippen LogP contribution in [-0.4, -0.2) is 53.3 Å². The van der Waals surface area contributed by atoms with Crippen LogP contribution in [0, 0.1) is 0 Å². The van der Waals surface area contributed by atoms with Crippen molar-refractivity contribution in [1.82, 2.24) is 14.9 Å². The molecule has 1 N–H and O–H groups in total. The maximum absolute atomic E-state index is 5.59. The van der Waals surface area contributed by atoms with Gasteiger partial charge >= 0.3 is 0 Å². The molecule has 2 aromatic rings. The van der Waals surface area contributed by atoms with Gasteiger partial charge in [-0.3, -0.25) is 4.90 Å². The maximum atomic E-state index is 5.59. The quantitative estimate of drug-likeness (QED) is 0.840. The molecule has 4 aliphatic rings.